The molecule has 0 saturated carbocycles. The third-order valence-electron chi connectivity index (χ3n) is 2.50. The molecule has 1 heterocycles. The summed E-state index contributed by atoms with van der Waals surface area (Å²) in [6.07, 6.45) is 0. The fraction of sp³-hybridized carbons (Fsp3) is 0. The summed E-state index contributed by atoms with van der Waals surface area (Å²) in [4.78, 5) is 0. The van der Waals surface area contributed by atoms with Crippen LogP contribution in [0.5, 0.6) is 23.0 Å². The monoisotopic (exact) mass is 530 g/mol. The van der Waals surface area contributed by atoms with Crippen molar-refractivity contribution in [2.75, 3.05) is 0 Å². The molecule has 0 spiro atoms. The fourth-order valence-electron chi connectivity index (χ4n) is 1.63. The van der Waals surface area contributed by atoms with Crippen molar-refractivity contribution in [3.63, 3.8) is 0 Å². The Morgan fingerprint density at radius 3 is 1.89 bits per heavy atom. The van der Waals surface area contributed by atoms with Crippen LogP contribution in [-0.4, -0.2) is 0 Å². The lowest BCUT2D eigenvalue weighted by Crippen LogP contribution is -2.00. The van der Waals surface area contributed by atoms with Crippen LogP contribution in [0.3, 0.4) is 0 Å². The second-order valence-corrected chi connectivity index (χ2v) is 7.46. The SMILES string of the molecule is Clc1c(Br)cc2c(c1Br)Oc1cc(Br)c(Br)cc1O2. The van der Waals surface area contributed by atoms with Gasteiger partial charge in [0, 0.05) is 31.6 Å². The third kappa shape index (κ3) is 2.46. The molecule has 1 aliphatic heterocycles. The van der Waals surface area contributed by atoms with Gasteiger partial charge in [-0.15, -0.1) is 0 Å². The van der Waals surface area contributed by atoms with E-state index < -0.39 is 0 Å². The van der Waals surface area contributed by atoms with Gasteiger partial charge in [-0.05, 0) is 63.7 Å². The molecule has 0 N–H and O–H groups in total. The Morgan fingerprint density at radius 2 is 1.26 bits per heavy atom. The van der Waals surface area contributed by atoms with Gasteiger partial charge in [-0.2, -0.15) is 0 Å². The first kappa shape index (κ1) is 14.2. The topological polar surface area (TPSA) is 18.5 Å². The molecule has 19 heavy (non-hydrogen) atoms. The second-order valence-electron chi connectivity index (χ2n) is 3.73. The molecule has 0 amide bonds. The van der Waals surface area contributed by atoms with Crippen molar-refractivity contribution in [1.82, 2.24) is 0 Å². The van der Waals surface area contributed by atoms with E-state index in [-0.39, 0.29) is 0 Å². The number of fused-ring (bicyclic) bond motifs is 2. The highest BCUT2D eigenvalue weighted by Crippen LogP contribution is 2.53. The predicted molar refractivity (Wildman–Crippen MR) is 88.8 cm³/mol. The van der Waals surface area contributed by atoms with Gasteiger partial charge in [0.05, 0.1) is 9.50 Å². The summed E-state index contributed by atoms with van der Waals surface area (Å²) in [6.45, 7) is 0. The molecule has 0 atom stereocenters. The Kier molecular flexibility index (Phi) is 3.90. The fourth-order valence-corrected chi connectivity index (χ4v) is 3.57. The van der Waals surface area contributed by atoms with Gasteiger partial charge in [-0.3, -0.25) is 0 Å². The first-order valence-corrected chi connectivity index (χ1v) is 8.54. The van der Waals surface area contributed by atoms with E-state index in [9.17, 15) is 0 Å². The average molecular weight is 534 g/mol. The van der Waals surface area contributed by atoms with Crippen LogP contribution in [0.2, 0.25) is 5.02 Å². The summed E-state index contributed by atoms with van der Waals surface area (Å²) in [7, 11) is 0. The van der Waals surface area contributed by atoms with E-state index in [0.29, 0.717) is 32.5 Å². The molecule has 2 aromatic carbocycles. The van der Waals surface area contributed by atoms with Crippen molar-refractivity contribution in [3.8, 4) is 23.0 Å². The number of halogens is 5. The summed E-state index contributed by atoms with van der Waals surface area (Å²) in [6, 6.07) is 5.46. The molecule has 7 heteroatoms. The molecule has 0 aliphatic carbocycles. The van der Waals surface area contributed by atoms with Crippen molar-refractivity contribution >= 4 is 75.3 Å². The van der Waals surface area contributed by atoms with Crippen molar-refractivity contribution in [3.05, 3.63) is 41.1 Å². The summed E-state index contributed by atoms with van der Waals surface area (Å²) in [5.41, 5.74) is 0. The largest absolute Gasteiger partial charge is 0.449 e. The van der Waals surface area contributed by atoms with Gasteiger partial charge >= 0.3 is 0 Å². The van der Waals surface area contributed by atoms with E-state index in [1.54, 1.807) is 6.07 Å². The molecule has 0 fully saturated rings. The summed E-state index contributed by atoms with van der Waals surface area (Å²) >= 11 is 19.8. The van der Waals surface area contributed by atoms with Crippen molar-refractivity contribution < 1.29 is 9.47 Å². The van der Waals surface area contributed by atoms with Gasteiger partial charge in [0.25, 0.3) is 0 Å². The maximum Gasteiger partial charge on any atom is 0.185 e. The number of benzene rings is 2. The zero-order chi connectivity index (χ0) is 13.7. The standard InChI is InChI=1S/C12H3Br4ClO2/c13-4-1-7-8(2-5(4)14)19-12-9(18-7)3-6(15)11(17)10(12)16/h1-3H. The van der Waals surface area contributed by atoms with E-state index in [1.807, 2.05) is 12.1 Å². The van der Waals surface area contributed by atoms with Gasteiger partial charge < -0.3 is 9.47 Å². The van der Waals surface area contributed by atoms with Gasteiger partial charge in [0.1, 0.15) is 0 Å². The van der Waals surface area contributed by atoms with Crippen LogP contribution in [0.1, 0.15) is 0 Å². The Labute approximate surface area is 147 Å². The Balaban J connectivity index is 2.17. The smallest absolute Gasteiger partial charge is 0.185 e. The van der Waals surface area contributed by atoms with Crippen LogP contribution < -0.4 is 9.47 Å². The molecule has 0 unspecified atom stereocenters. The molecule has 1 aliphatic rings. The number of hydrogen-bond donors (Lipinski definition) is 0. The number of ether oxygens (including phenoxy) is 2. The molecular weight excluding hydrogens is 531 g/mol. The number of rotatable bonds is 0. The van der Waals surface area contributed by atoms with Gasteiger partial charge in [-0.1, -0.05) is 11.6 Å². The minimum atomic E-state index is 0.543. The highest BCUT2D eigenvalue weighted by molar-refractivity contribution is 9.13. The van der Waals surface area contributed by atoms with Crippen LogP contribution in [0, 0.1) is 0 Å². The predicted octanol–water partition coefficient (Wildman–Crippen LogP) is 7.29. The van der Waals surface area contributed by atoms with Crippen molar-refractivity contribution in [1.29, 1.82) is 0 Å². The molecule has 0 bridgehead atoms. The Hall–Kier alpha value is 0.250. The minimum Gasteiger partial charge on any atom is -0.449 e. The first-order chi connectivity index (χ1) is 8.97. The maximum absolute atomic E-state index is 6.15. The minimum absolute atomic E-state index is 0.543. The van der Waals surface area contributed by atoms with Gasteiger partial charge in [0.15, 0.2) is 23.0 Å². The molecule has 3 rings (SSSR count). The Morgan fingerprint density at radius 1 is 0.737 bits per heavy atom. The van der Waals surface area contributed by atoms with E-state index >= 15 is 0 Å². The molecular formula is C12H3Br4ClO2. The highest BCUT2D eigenvalue weighted by Gasteiger charge is 2.25. The lowest BCUT2D eigenvalue weighted by atomic mass is 10.2. The zero-order valence-electron chi connectivity index (χ0n) is 8.94. The zero-order valence-corrected chi connectivity index (χ0v) is 16.0. The van der Waals surface area contributed by atoms with Gasteiger partial charge in [0.2, 0.25) is 0 Å². The highest BCUT2D eigenvalue weighted by atomic mass is 79.9. The summed E-state index contributed by atoms with van der Waals surface area (Å²) in [5.74, 6) is 2.44. The summed E-state index contributed by atoms with van der Waals surface area (Å²) in [5, 5.41) is 0.543. The Bertz CT molecular complexity index is 703. The average Bonchev–Trinajstić information content (AvgIpc) is 2.37. The molecule has 0 radical (unpaired) electrons. The van der Waals surface area contributed by atoms with Crippen LogP contribution in [0.15, 0.2) is 36.1 Å². The molecule has 0 saturated heterocycles. The quantitative estimate of drug-likeness (QED) is 0.282. The third-order valence-corrected chi connectivity index (χ3v) is 6.58. The van der Waals surface area contributed by atoms with Crippen molar-refractivity contribution in [2.45, 2.75) is 0 Å². The molecule has 2 nitrogen and oxygen atoms in total. The normalized spacial score (nSPS) is 12.3. The second kappa shape index (κ2) is 5.22. The molecule has 98 valence electrons. The maximum atomic E-state index is 6.15. The lowest BCUT2D eigenvalue weighted by Gasteiger charge is -2.23. The lowest BCUT2D eigenvalue weighted by molar-refractivity contribution is 0.357. The van der Waals surface area contributed by atoms with Crippen LogP contribution in [0.4, 0.5) is 0 Å². The van der Waals surface area contributed by atoms with Crippen molar-refractivity contribution in [2.24, 2.45) is 0 Å². The molecule has 2 aromatic rings. The molecule has 0 aromatic heterocycles. The van der Waals surface area contributed by atoms with E-state index in [0.717, 1.165) is 13.4 Å². The number of hydrogen-bond acceptors (Lipinski definition) is 2. The van der Waals surface area contributed by atoms with Crippen LogP contribution in [-0.2, 0) is 0 Å². The van der Waals surface area contributed by atoms with E-state index in [4.69, 9.17) is 21.1 Å². The summed E-state index contributed by atoms with van der Waals surface area (Å²) < 4.78 is 14.9. The van der Waals surface area contributed by atoms with Crippen LogP contribution in [0.25, 0.3) is 0 Å². The van der Waals surface area contributed by atoms with E-state index in [1.165, 1.54) is 0 Å². The van der Waals surface area contributed by atoms with Gasteiger partial charge in [-0.25, -0.2) is 0 Å². The first-order valence-electron chi connectivity index (χ1n) is 4.99. The van der Waals surface area contributed by atoms with Crippen LogP contribution >= 0.6 is 75.3 Å². The van der Waals surface area contributed by atoms with E-state index in [2.05, 4.69) is 63.7 Å².